The highest BCUT2D eigenvalue weighted by Crippen LogP contribution is 2.41. The molecule has 3 heterocycles. The number of amides is 2. The first-order chi connectivity index (χ1) is 27.5. The van der Waals surface area contributed by atoms with Crippen molar-refractivity contribution in [2.45, 2.75) is 43.9 Å². The van der Waals surface area contributed by atoms with Gasteiger partial charge in [-0.1, -0.05) is 60.7 Å². The summed E-state index contributed by atoms with van der Waals surface area (Å²) < 4.78 is 5.79. The average molecular weight is 775 g/mol. The fraction of sp³-hybridized carbons (Fsp3) is 0.318. The van der Waals surface area contributed by atoms with E-state index in [4.69, 9.17) is 4.74 Å². The summed E-state index contributed by atoms with van der Waals surface area (Å²) in [6.45, 7) is 2.94. The van der Waals surface area contributed by atoms with Crippen LogP contribution >= 0.6 is 0 Å². The van der Waals surface area contributed by atoms with Crippen molar-refractivity contribution in [1.82, 2.24) is 20.1 Å². The van der Waals surface area contributed by atoms with E-state index in [0.717, 1.165) is 31.2 Å². The number of carboxylic acids is 1. The summed E-state index contributed by atoms with van der Waals surface area (Å²) >= 11 is 0. The number of carboxylic acid groups (broad SMARTS) is 1. The summed E-state index contributed by atoms with van der Waals surface area (Å²) in [5.74, 6) is -1.39. The minimum atomic E-state index is -2.28. The number of aliphatic hydroxyl groups is 2. The van der Waals surface area contributed by atoms with E-state index in [1.54, 1.807) is 59.5 Å². The van der Waals surface area contributed by atoms with Crippen molar-refractivity contribution >= 4 is 28.7 Å². The van der Waals surface area contributed by atoms with E-state index in [2.05, 4.69) is 10.3 Å². The Bertz CT molecular complexity index is 2300. The molecule has 6 N–H and O–H groups in total. The van der Waals surface area contributed by atoms with Gasteiger partial charge in [-0.05, 0) is 84.2 Å². The predicted octanol–water partition coefficient (Wildman–Crippen LogP) is 4.30. The second-order valence-corrected chi connectivity index (χ2v) is 15.0. The van der Waals surface area contributed by atoms with Crippen LogP contribution in [0.4, 0.5) is 0 Å². The first-order valence-electron chi connectivity index (χ1n) is 19.1. The number of ether oxygens (including phenoxy) is 1. The maximum Gasteiger partial charge on any atom is 0.345 e. The number of aromatic hydroxyl groups is 1. The Balaban J connectivity index is 0.852. The second kappa shape index (κ2) is 16.6. The number of carbonyl (C=O) groups is 3. The number of pyridine rings is 1. The van der Waals surface area contributed by atoms with E-state index in [-0.39, 0.29) is 64.1 Å². The molecular formula is C44H46N4O9. The molecule has 2 aliphatic heterocycles. The zero-order valence-corrected chi connectivity index (χ0v) is 31.4. The standard InChI is InChI=1S/C44H46N4O9/c49-36-15-13-34(35-14-16-38(51)46-40(35)36)37(50)27-45-26-29-9-11-30(12-10-29)41(53)48-23-19-43(20-24-48)17-21-47(22-18-43)39(52)28-57-33-8-4-7-32(25-33)44(56,42(54)55)31-5-2-1-3-6-31/h1-16,25,37,45,49-50,56H,17-24,26-28H2,(H,46,51)(H,54,55). The lowest BCUT2D eigenvalue weighted by atomic mass is 9.71. The number of phenols is 1. The van der Waals surface area contributed by atoms with Gasteiger partial charge in [0.15, 0.2) is 6.61 Å². The SMILES string of the molecule is O=C(COc1cccc(C(O)(C(=O)O)c2ccccc2)c1)N1CCC2(CC1)CCN(C(=O)c1ccc(CNCC(O)c3ccc(O)c4[nH]c(=O)ccc34)cc1)CC2. The molecule has 1 aromatic heterocycles. The summed E-state index contributed by atoms with van der Waals surface area (Å²) in [4.78, 5) is 56.8. The van der Waals surface area contributed by atoms with Gasteiger partial charge in [-0.25, -0.2) is 4.79 Å². The highest BCUT2D eigenvalue weighted by molar-refractivity contribution is 5.94. The van der Waals surface area contributed by atoms with Crippen LogP contribution in [0.3, 0.4) is 0 Å². The lowest BCUT2D eigenvalue weighted by Crippen LogP contribution is -2.50. The summed E-state index contributed by atoms with van der Waals surface area (Å²) in [7, 11) is 0. The fourth-order valence-electron chi connectivity index (χ4n) is 8.02. The average Bonchev–Trinajstić information content (AvgIpc) is 3.23. The summed E-state index contributed by atoms with van der Waals surface area (Å²) in [6, 6.07) is 27.8. The third kappa shape index (κ3) is 8.41. The molecule has 2 fully saturated rings. The largest absolute Gasteiger partial charge is 0.506 e. The van der Waals surface area contributed by atoms with Gasteiger partial charge in [-0.15, -0.1) is 0 Å². The molecule has 13 nitrogen and oxygen atoms in total. The van der Waals surface area contributed by atoms with E-state index >= 15 is 0 Å². The molecule has 2 atom stereocenters. The van der Waals surface area contributed by atoms with Gasteiger partial charge in [0.25, 0.3) is 11.8 Å². The third-order valence-electron chi connectivity index (χ3n) is 11.5. The van der Waals surface area contributed by atoms with Crippen molar-refractivity contribution in [3.05, 3.63) is 141 Å². The summed E-state index contributed by atoms with van der Waals surface area (Å²) in [5.41, 5.74) is 0.199. The van der Waals surface area contributed by atoms with Crippen LogP contribution in [0.5, 0.6) is 11.5 Å². The number of nitrogens with zero attached hydrogens (tertiary/aromatic N) is 2. The van der Waals surface area contributed by atoms with E-state index in [9.17, 15) is 39.6 Å². The lowest BCUT2D eigenvalue weighted by molar-refractivity contribution is -0.155. The topological polar surface area (TPSA) is 193 Å². The van der Waals surface area contributed by atoms with E-state index < -0.39 is 17.7 Å². The number of aliphatic hydroxyl groups excluding tert-OH is 1. The fourth-order valence-corrected chi connectivity index (χ4v) is 8.02. The number of benzene rings is 4. The van der Waals surface area contributed by atoms with Crippen molar-refractivity contribution in [1.29, 1.82) is 0 Å². The van der Waals surface area contributed by atoms with E-state index in [1.165, 1.54) is 24.3 Å². The quantitative estimate of drug-likeness (QED) is 0.107. The number of aromatic amines is 1. The molecule has 0 saturated carbocycles. The van der Waals surface area contributed by atoms with Gasteiger partial charge in [-0.2, -0.15) is 0 Å². The number of aliphatic carboxylic acids is 1. The highest BCUT2D eigenvalue weighted by Gasteiger charge is 2.41. The number of hydrogen-bond donors (Lipinski definition) is 6. The first kappa shape index (κ1) is 39.2. The number of H-pyrrole nitrogens is 1. The van der Waals surface area contributed by atoms with Crippen LogP contribution < -0.4 is 15.6 Å². The van der Waals surface area contributed by atoms with Crippen molar-refractivity contribution in [2.75, 3.05) is 39.3 Å². The Morgan fingerprint density at radius 3 is 2.18 bits per heavy atom. The molecule has 2 aliphatic rings. The molecule has 0 radical (unpaired) electrons. The molecule has 2 amide bonds. The van der Waals surface area contributed by atoms with E-state index in [1.807, 2.05) is 29.2 Å². The molecule has 296 valence electrons. The molecule has 0 aliphatic carbocycles. The Labute approximate surface area is 329 Å². The number of carbonyl (C=O) groups excluding carboxylic acids is 2. The number of rotatable bonds is 12. The number of likely N-dealkylation sites (tertiary alicyclic amines) is 2. The lowest BCUT2D eigenvalue weighted by Gasteiger charge is -2.46. The van der Waals surface area contributed by atoms with Gasteiger partial charge in [0.1, 0.15) is 11.5 Å². The Hall–Kier alpha value is -6.02. The number of hydrogen-bond acceptors (Lipinski definition) is 9. The first-order valence-corrected chi connectivity index (χ1v) is 19.1. The molecular weight excluding hydrogens is 729 g/mol. The minimum absolute atomic E-state index is 0.0172. The van der Waals surface area contributed by atoms with Gasteiger partial charge in [-0.3, -0.25) is 14.4 Å². The summed E-state index contributed by atoms with van der Waals surface area (Å²) in [6.07, 6.45) is 2.50. The van der Waals surface area contributed by atoms with Crippen molar-refractivity contribution in [3.8, 4) is 11.5 Å². The highest BCUT2D eigenvalue weighted by atomic mass is 16.5. The Kier molecular flexibility index (Phi) is 11.4. The summed E-state index contributed by atoms with van der Waals surface area (Å²) in [5, 5.41) is 45.9. The molecule has 0 bridgehead atoms. The normalized spacial score (nSPS) is 16.9. The maximum absolute atomic E-state index is 13.4. The molecule has 1 spiro atoms. The maximum atomic E-state index is 13.4. The Morgan fingerprint density at radius 2 is 1.49 bits per heavy atom. The third-order valence-corrected chi connectivity index (χ3v) is 11.5. The molecule has 57 heavy (non-hydrogen) atoms. The monoisotopic (exact) mass is 774 g/mol. The van der Waals surface area contributed by atoms with Crippen LogP contribution in [0.2, 0.25) is 0 Å². The van der Waals surface area contributed by atoms with Gasteiger partial charge in [0.2, 0.25) is 11.2 Å². The van der Waals surface area contributed by atoms with E-state index in [0.29, 0.717) is 49.2 Å². The zero-order valence-electron chi connectivity index (χ0n) is 31.4. The number of phenolic OH excluding ortho intramolecular Hbond substituents is 1. The predicted molar refractivity (Wildman–Crippen MR) is 212 cm³/mol. The van der Waals surface area contributed by atoms with Crippen LogP contribution in [0.25, 0.3) is 10.9 Å². The second-order valence-electron chi connectivity index (χ2n) is 15.0. The van der Waals surface area contributed by atoms with Crippen molar-refractivity contribution in [3.63, 3.8) is 0 Å². The van der Waals surface area contributed by atoms with Crippen LogP contribution in [0.1, 0.15) is 64.4 Å². The number of aromatic nitrogens is 1. The Morgan fingerprint density at radius 1 is 0.825 bits per heavy atom. The van der Waals surface area contributed by atoms with Gasteiger partial charge in [0, 0.05) is 61.8 Å². The molecule has 2 unspecified atom stereocenters. The van der Waals surface area contributed by atoms with Crippen molar-refractivity contribution in [2.24, 2.45) is 5.41 Å². The van der Waals surface area contributed by atoms with Crippen molar-refractivity contribution < 1.29 is 39.5 Å². The van der Waals surface area contributed by atoms with Gasteiger partial charge < -0.3 is 45.3 Å². The molecule has 13 heteroatoms. The van der Waals surface area contributed by atoms with Crippen LogP contribution in [0, 0.1) is 5.41 Å². The molecule has 4 aromatic carbocycles. The molecule has 7 rings (SSSR count). The molecule has 2 saturated heterocycles. The smallest absolute Gasteiger partial charge is 0.345 e. The van der Waals surface area contributed by atoms with Gasteiger partial charge in [0.05, 0.1) is 11.6 Å². The molecule has 5 aromatic rings. The van der Waals surface area contributed by atoms with Crippen LogP contribution in [-0.4, -0.2) is 92.3 Å². The number of fused-ring (bicyclic) bond motifs is 1. The number of nitrogens with one attached hydrogen (secondary N) is 2. The van der Waals surface area contributed by atoms with Crippen LogP contribution in [-0.2, 0) is 21.7 Å². The van der Waals surface area contributed by atoms with Crippen LogP contribution in [0.15, 0.2) is 108 Å². The van der Waals surface area contributed by atoms with Gasteiger partial charge >= 0.3 is 5.97 Å². The number of piperidine rings is 2. The zero-order chi connectivity index (χ0) is 40.2. The minimum Gasteiger partial charge on any atom is -0.506 e.